The van der Waals surface area contributed by atoms with Crippen LogP contribution in [0.5, 0.6) is 0 Å². The number of fused-ring (bicyclic) bond motifs is 2. The number of thioether (sulfide) groups is 1. The van der Waals surface area contributed by atoms with Crippen LogP contribution < -0.4 is 0 Å². The maximum atomic E-state index is 10.4. The SMILES string of the molecule is O=C(O)CCCCSCC1C2CCC(O2)C1CCO. The number of carboxylic acid groups (broad SMARTS) is 1. The van der Waals surface area contributed by atoms with Crippen molar-refractivity contribution in [1.82, 2.24) is 0 Å². The minimum Gasteiger partial charge on any atom is -0.481 e. The molecule has 2 N–H and O–H groups in total. The maximum absolute atomic E-state index is 10.4. The molecule has 2 saturated heterocycles. The molecule has 2 fully saturated rings. The maximum Gasteiger partial charge on any atom is 0.303 e. The summed E-state index contributed by atoms with van der Waals surface area (Å²) in [5.74, 6) is 2.56. The summed E-state index contributed by atoms with van der Waals surface area (Å²) in [7, 11) is 0. The minimum atomic E-state index is -0.700. The van der Waals surface area contributed by atoms with E-state index in [0.29, 0.717) is 24.0 Å². The van der Waals surface area contributed by atoms with E-state index in [9.17, 15) is 4.79 Å². The Bertz CT molecular complexity index is 297. The normalized spacial score (nSPS) is 32.9. The molecule has 2 heterocycles. The molecule has 0 aromatic carbocycles. The predicted octanol–water partition coefficient (Wildman–Crippen LogP) is 2.15. The number of ether oxygens (including phenoxy) is 1. The molecule has 2 rings (SSSR count). The lowest BCUT2D eigenvalue weighted by atomic mass is 9.79. The molecule has 4 atom stereocenters. The Labute approximate surface area is 118 Å². The van der Waals surface area contributed by atoms with E-state index in [4.69, 9.17) is 14.9 Å². The van der Waals surface area contributed by atoms with Crippen LogP contribution in [0.25, 0.3) is 0 Å². The predicted molar refractivity (Wildman–Crippen MR) is 75.4 cm³/mol. The topological polar surface area (TPSA) is 66.8 Å². The number of hydrogen-bond donors (Lipinski definition) is 2. The quantitative estimate of drug-likeness (QED) is 0.636. The van der Waals surface area contributed by atoms with Crippen molar-refractivity contribution in [3.05, 3.63) is 0 Å². The molecule has 4 nitrogen and oxygen atoms in total. The van der Waals surface area contributed by atoms with Crippen molar-refractivity contribution < 1.29 is 19.7 Å². The molecular weight excluding hydrogens is 264 g/mol. The highest BCUT2D eigenvalue weighted by atomic mass is 32.2. The molecule has 0 aliphatic carbocycles. The van der Waals surface area contributed by atoms with Gasteiger partial charge >= 0.3 is 5.97 Å². The van der Waals surface area contributed by atoms with Crippen LogP contribution in [0.2, 0.25) is 0 Å². The summed E-state index contributed by atoms with van der Waals surface area (Å²) in [4.78, 5) is 10.4. The van der Waals surface area contributed by atoms with Crippen LogP contribution in [0.15, 0.2) is 0 Å². The zero-order chi connectivity index (χ0) is 13.7. The number of aliphatic hydroxyl groups is 1. The van der Waals surface area contributed by atoms with Gasteiger partial charge in [-0.1, -0.05) is 0 Å². The molecular formula is C14H24O4S. The first-order valence-corrected chi connectivity index (χ1v) is 8.43. The number of aliphatic hydroxyl groups excluding tert-OH is 1. The van der Waals surface area contributed by atoms with Gasteiger partial charge in [0.05, 0.1) is 12.2 Å². The number of rotatable bonds is 9. The first-order valence-electron chi connectivity index (χ1n) is 7.28. The first-order chi connectivity index (χ1) is 9.22. The molecule has 0 amide bonds. The fraction of sp³-hybridized carbons (Fsp3) is 0.929. The van der Waals surface area contributed by atoms with Crippen molar-refractivity contribution >= 4 is 17.7 Å². The van der Waals surface area contributed by atoms with Crippen LogP contribution in [0.4, 0.5) is 0 Å². The number of carboxylic acids is 1. The van der Waals surface area contributed by atoms with E-state index in [-0.39, 0.29) is 13.0 Å². The molecule has 5 heteroatoms. The Balaban J connectivity index is 1.63. The van der Waals surface area contributed by atoms with Crippen molar-refractivity contribution in [2.24, 2.45) is 11.8 Å². The van der Waals surface area contributed by atoms with Gasteiger partial charge in [-0.15, -0.1) is 0 Å². The molecule has 0 saturated carbocycles. The molecule has 0 spiro atoms. The van der Waals surface area contributed by atoms with Gasteiger partial charge in [0, 0.05) is 13.0 Å². The average molecular weight is 288 g/mol. The van der Waals surface area contributed by atoms with Crippen LogP contribution in [0.3, 0.4) is 0 Å². The Morgan fingerprint density at radius 3 is 2.63 bits per heavy atom. The molecule has 4 unspecified atom stereocenters. The molecule has 2 aliphatic heterocycles. The lowest BCUT2D eigenvalue weighted by Gasteiger charge is -2.27. The summed E-state index contributed by atoms with van der Waals surface area (Å²) in [5.41, 5.74) is 0. The number of unbranched alkanes of at least 4 members (excludes halogenated alkanes) is 1. The fourth-order valence-corrected chi connectivity index (χ4v) is 4.66. The van der Waals surface area contributed by atoms with Gasteiger partial charge in [0.25, 0.3) is 0 Å². The fourth-order valence-electron chi connectivity index (χ4n) is 3.35. The lowest BCUT2D eigenvalue weighted by Crippen LogP contribution is -2.29. The van der Waals surface area contributed by atoms with Crippen LogP contribution in [0, 0.1) is 11.8 Å². The summed E-state index contributed by atoms with van der Waals surface area (Å²) in [6.45, 7) is 0.261. The van der Waals surface area contributed by atoms with Gasteiger partial charge in [0.15, 0.2) is 0 Å². The van der Waals surface area contributed by atoms with E-state index in [0.717, 1.165) is 37.2 Å². The second-order valence-electron chi connectivity index (χ2n) is 5.56. The second-order valence-corrected chi connectivity index (χ2v) is 6.71. The van der Waals surface area contributed by atoms with Gasteiger partial charge in [-0.2, -0.15) is 11.8 Å². The summed E-state index contributed by atoms with van der Waals surface area (Å²) in [6.07, 6.45) is 6.03. The molecule has 2 bridgehead atoms. The highest BCUT2D eigenvalue weighted by Gasteiger charge is 2.47. The molecule has 0 radical (unpaired) electrons. The molecule has 0 aromatic rings. The minimum absolute atomic E-state index is 0.261. The Morgan fingerprint density at radius 2 is 1.95 bits per heavy atom. The first kappa shape index (κ1) is 15.1. The highest BCUT2D eigenvalue weighted by Crippen LogP contribution is 2.46. The van der Waals surface area contributed by atoms with Gasteiger partial charge < -0.3 is 14.9 Å². The lowest BCUT2D eigenvalue weighted by molar-refractivity contribution is -0.137. The zero-order valence-electron chi connectivity index (χ0n) is 11.3. The zero-order valence-corrected chi connectivity index (χ0v) is 12.1. The summed E-state index contributed by atoms with van der Waals surface area (Å²) in [5, 5.41) is 17.7. The second kappa shape index (κ2) is 7.50. The Kier molecular flexibility index (Phi) is 5.98. The van der Waals surface area contributed by atoms with Crippen molar-refractivity contribution in [2.75, 3.05) is 18.1 Å². The monoisotopic (exact) mass is 288 g/mol. The van der Waals surface area contributed by atoms with Crippen molar-refractivity contribution in [2.45, 2.75) is 50.7 Å². The molecule has 2 aliphatic rings. The number of aliphatic carboxylic acids is 1. The van der Waals surface area contributed by atoms with Crippen LogP contribution >= 0.6 is 11.8 Å². The van der Waals surface area contributed by atoms with E-state index in [1.807, 2.05) is 11.8 Å². The van der Waals surface area contributed by atoms with Crippen LogP contribution in [0.1, 0.15) is 38.5 Å². The van der Waals surface area contributed by atoms with Crippen LogP contribution in [-0.2, 0) is 9.53 Å². The van der Waals surface area contributed by atoms with Gasteiger partial charge in [0.1, 0.15) is 0 Å². The molecule has 0 aromatic heterocycles. The van der Waals surface area contributed by atoms with Crippen molar-refractivity contribution in [3.63, 3.8) is 0 Å². The van der Waals surface area contributed by atoms with E-state index < -0.39 is 5.97 Å². The number of hydrogen-bond acceptors (Lipinski definition) is 4. The molecule has 19 heavy (non-hydrogen) atoms. The third-order valence-electron chi connectivity index (χ3n) is 4.29. The third kappa shape index (κ3) is 4.10. The smallest absolute Gasteiger partial charge is 0.303 e. The van der Waals surface area contributed by atoms with E-state index in [1.54, 1.807) is 0 Å². The van der Waals surface area contributed by atoms with Gasteiger partial charge in [-0.3, -0.25) is 4.79 Å². The summed E-state index contributed by atoms with van der Waals surface area (Å²) >= 11 is 1.92. The van der Waals surface area contributed by atoms with E-state index in [2.05, 4.69) is 0 Å². The van der Waals surface area contributed by atoms with Crippen LogP contribution in [-0.4, -0.2) is 46.5 Å². The van der Waals surface area contributed by atoms with E-state index >= 15 is 0 Å². The summed E-state index contributed by atoms with van der Waals surface area (Å²) < 4.78 is 5.96. The Morgan fingerprint density at radius 1 is 1.21 bits per heavy atom. The van der Waals surface area contributed by atoms with E-state index in [1.165, 1.54) is 6.42 Å². The standard InChI is InChI=1S/C14H24O4S/c15-7-6-10-11(13-5-4-12(10)18-13)9-19-8-2-1-3-14(16)17/h10-13,15H,1-9H2,(H,16,17). The van der Waals surface area contributed by atoms with Gasteiger partial charge in [-0.05, 0) is 55.4 Å². The average Bonchev–Trinajstić information content (AvgIpc) is 2.95. The largest absolute Gasteiger partial charge is 0.481 e. The molecule has 110 valence electrons. The third-order valence-corrected chi connectivity index (χ3v) is 5.49. The van der Waals surface area contributed by atoms with Crippen molar-refractivity contribution in [3.8, 4) is 0 Å². The van der Waals surface area contributed by atoms with Gasteiger partial charge in [-0.25, -0.2) is 0 Å². The summed E-state index contributed by atoms with van der Waals surface area (Å²) in [6, 6.07) is 0. The highest BCUT2D eigenvalue weighted by molar-refractivity contribution is 7.99. The number of carbonyl (C=O) groups is 1. The van der Waals surface area contributed by atoms with Gasteiger partial charge in [0.2, 0.25) is 0 Å². The Hall–Kier alpha value is -0.260. The van der Waals surface area contributed by atoms with Crippen molar-refractivity contribution in [1.29, 1.82) is 0 Å².